The van der Waals surface area contributed by atoms with Crippen LogP contribution < -0.4 is 5.32 Å². The van der Waals surface area contributed by atoms with E-state index in [4.69, 9.17) is 5.26 Å². The maximum atomic E-state index is 11.9. The molecule has 1 N–H and O–H groups in total. The Hall–Kier alpha value is -2.23. The molecule has 0 amide bonds. The summed E-state index contributed by atoms with van der Waals surface area (Å²) in [6.45, 7) is -0.674. The Morgan fingerprint density at radius 1 is 1.56 bits per heavy atom. The first-order valence-electron chi connectivity index (χ1n) is 4.25. The second kappa shape index (κ2) is 5.02. The molecule has 0 radical (unpaired) electrons. The third-order valence-electron chi connectivity index (χ3n) is 1.77. The van der Waals surface area contributed by atoms with E-state index in [2.05, 4.69) is 5.32 Å². The fourth-order valence-electron chi connectivity index (χ4n) is 1.09. The van der Waals surface area contributed by atoms with Gasteiger partial charge in [0, 0.05) is 6.07 Å². The summed E-state index contributed by atoms with van der Waals surface area (Å²) in [7, 11) is 0. The second-order valence-corrected chi connectivity index (χ2v) is 2.87. The number of nitriles is 1. The Morgan fingerprint density at radius 2 is 2.25 bits per heavy atom. The zero-order valence-corrected chi connectivity index (χ0v) is 7.98. The van der Waals surface area contributed by atoms with Crippen LogP contribution in [0, 0.1) is 21.4 Å². The lowest BCUT2D eigenvalue weighted by atomic mass is 10.2. The van der Waals surface area contributed by atoms with E-state index in [0.717, 1.165) is 6.07 Å². The van der Waals surface area contributed by atoms with Crippen LogP contribution in [0.3, 0.4) is 0 Å². The standard InChI is InChI=1S/C9H7F2N3O2/c10-9(11)5-13-7-2-1-6(4-12)3-8(7)14(15)16/h1-3,9,13H,5H2. The van der Waals surface area contributed by atoms with Crippen LogP contribution in [0.25, 0.3) is 0 Å². The number of alkyl halides is 2. The number of nitro groups is 1. The van der Waals surface area contributed by atoms with E-state index < -0.39 is 17.9 Å². The first kappa shape index (κ1) is 11.8. The van der Waals surface area contributed by atoms with Crippen LogP contribution in [-0.2, 0) is 0 Å². The molecule has 0 fully saturated rings. The molecule has 0 bridgehead atoms. The van der Waals surface area contributed by atoms with Gasteiger partial charge in [0.05, 0.1) is 23.1 Å². The molecular weight excluding hydrogens is 220 g/mol. The van der Waals surface area contributed by atoms with Crippen molar-refractivity contribution in [1.82, 2.24) is 0 Å². The molecule has 0 aromatic heterocycles. The minimum Gasteiger partial charge on any atom is -0.374 e. The van der Waals surface area contributed by atoms with Gasteiger partial charge in [-0.15, -0.1) is 0 Å². The van der Waals surface area contributed by atoms with Gasteiger partial charge < -0.3 is 5.32 Å². The summed E-state index contributed by atoms with van der Waals surface area (Å²) in [6, 6.07) is 5.32. The van der Waals surface area contributed by atoms with Gasteiger partial charge in [0.1, 0.15) is 5.69 Å². The van der Waals surface area contributed by atoms with Crippen LogP contribution in [0.4, 0.5) is 20.2 Å². The number of rotatable bonds is 4. The lowest BCUT2D eigenvalue weighted by molar-refractivity contribution is -0.384. The fourth-order valence-corrected chi connectivity index (χ4v) is 1.09. The minimum absolute atomic E-state index is 0.0238. The van der Waals surface area contributed by atoms with Crippen molar-refractivity contribution >= 4 is 11.4 Å². The van der Waals surface area contributed by atoms with Gasteiger partial charge in [0.25, 0.3) is 12.1 Å². The molecule has 0 unspecified atom stereocenters. The highest BCUT2D eigenvalue weighted by molar-refractivity contribution is 5.64. The number of anilines is 1. The molecular formula is C9H7F2N3O2. The van der Waals surface area contributed by atoms with Crippen molar-refractivity contribution in [1.29, 1.82) is 5.26 Å². The molecule has 0 aliphatic carbocycles. The van der Waals surface area contributed by atoms with Gasteiger partial charge in [-0.1, -0.05) is 0 Å². The number of halogens is 2. The number of hydrogen-bond acceptors (Lipinski definition) is 4. The third kappa shape index (κ3) is 2.88. The molecule has 0 spiro atoms. The molecule has 0 atom stereocenters. The van der Waals surface area contributed by atoms with Crippen molar-refractivity contribution in [3.8, 4) is 6.07 Å². The van der Waals surface area contributed by atoms with E-state index in [0.29, 0.717) is 0 Å². The third-order valence-corrected chi connectivity index (χ3v) is 1.77. The SMILES string of the molecule is N#Cc1ccc(NCC(F)F)c([N+](=O)[O-])c1. The summed E-state index contributed by atoms with van der Waals surface area (Å²) in [5.41, 5.74) is -0.307. The van der Waals surface area contributed by atoms with Crippen molar-refractivity contribution in [2.75, 3.05) is 11.9 Å². The second-order valence-electron chi connectivity index (χ2n) is 2.87. The molecule has 0 saturated carbocycles. The first-order chi connectivity index (χ1) is 7.54. The zero-order valence-electron chi connectivity index (χ0n) is 7.98. The quantitative estimate of drug-likeness (QED) is 0.631. The van der Waals surface area contributed by atoms with Crippen molar-refractivity contribution < 1.29 is 13.7 Å². The van der Waals surface area contributed by atoms with Gasteiger partial charge in [0.15, 0.2) is 0 Å². The molecule has 0 aliphatic rings. The Morgan fingerprint density at radius 3 is 2.75 bits per heavy atom. The maximum Gasteiger partial charge on any atom is 0.293 e. The minimum atomic E-state index is -2.60. The first-order valence-corrected chi connectivity index (χ1v) is 4.25. The van der Waals surface area contributed by atoms with Crippen molar-refractivity contribution in [2.45, 2.75) is 6.43 Å². The molecule has 0 saturated heterocycles. The summed E-state index contributed by atoms with van der Waals surface area (Å²) in [5, 5.41) is 21.4. The van der Waals surface area contributed by atoms with Crippen molar-refractivity contribution in [3.05, 3.63) is 33.9 Å². The predicted molar refractivity (Wildman–Crippen MR) is 52.3 cm³/mol. The Bertz CT molecular complexity index is 443. The van der Waals surface area contributed by atoms with Crippen molar-refractivity contribution in [3.63, 3.8) is 0 Å². The Labute approximate surface area is 89.5 Å². The number of nitrogens with zero attached hydrogens (tertiary/aromatic N) is 2. The topological polar surface area (TPSA) is 79.0 Å². The molecule has 7 heteroatoms. The molecule has 1 aromatic carbocycles. The lowest BCUT2D eigenvalue weighted by Gasteiger charge is -2.06. The van der Waals surface area contributed by atoms with E-state index in [1.54, 1.807) is 6.07 Å². The van der Waals surface area contributed by atoms with E-state index in [1.807, 2.05) is 0 Å². The largest absolute Gasteiger partial charge is 0.374 e. The van der Waals surface area contributed by atoms with Crippen LogP contribution in [0.15, 0.2) is 18.2 Å². The van der Waals surface area contributed by atoms with Gasteiger partial charge in [-0.05, 0) is 12.1 Å². The number of benzene rings is 1. The molecule has 84 valence electrons. The zero-order chi connectivity index (χ0) is 12.1. The van der Waals surface area contributed by atoms with Gasteiger partial charge in [-0.2, -0.15) is 5.26 Å². The van der Waals surface area contributed by atoms with Crippen molar-refractivity contribution in [2.24, 2.45) is 0 Å². The van der Waals surface area contributed by atoms with Crippen LogP contribution in [-0.4, -0.2) is 17.9 Å². The fraction of sp³-hybridized carbons (Fsp3) is 0.222. The molecule has 16 heavy (non-hydrogen) atoms. The molecule has 5 nitrogen and oxygen atoms in total. The van der Waals surface area contributed by atoms with E-state index in [9.17, 15) is 18.9 Å². The highest BCUT2D eigenvalue weighted by Crippen LogP contribution is 2.25. The Balaban J connectivity index is 3.00. The Kier molecular flexibility index (Phi) is 3.72. The smallest absolute Gasteiger partial charge is 0.293 e. The monoisotopic (exact) mass is 227 g/mol. The summed E-state index contributed by atoms with van der Waals surface area (Å²) in [5.74, 6) is 0. The summed E-state index contributed by atoms with van der Waals surface area (Å²) in [4.78, 5) is 9.88. The van der Waals surface area contributed by atoms with Gasteiger partial charge in [-0.3, -0.25) is 10.1 Å². The summed E-state index contributed by atoms with van der Waals surface area (Å²) in [6.07, 6.45) is -2.60. The highest BCUT2D eigenvalue weighted by atomic mass is 19.3. The van der Waals surface area contributed by atoms with Crippen LogP contribution in [0.2, 0.25) is 0 Å². The molecule has 0 heterocycles. The van der Waals surface area contributed by atoms with Gasteiger partial charge in [-0.25, -0.2) is 8.78 Å². The van der Waals surface area contributed by atoms with Crippen LogP contribution in [0.1, 0.15) is 5.56 Å². The van der Waals surface area contributed by atoms with E-state index >= 15 is 0 Å². The summed E-state index contributed by atoms with van der Waals surface area (Å²) < 4.78 is 23.8. The van der Waals surface area contributed by atoms with E-state index in [-0.39, 0.29) is 16.9 Å². The van der Waals surface area contributed by atoms with Crippen LogP contribution in [0.5, 0.6) is 0 Å². The average Bonchev–Trinajstić information content (AvgIpc) is 2.25. The van der Waals surface area contributed by atoms with E-state index in [1.165, 1.54) is 12.1 Å². The number of nitrogens with one attached hydrogen (secondary N) is 1. The molecule has 0 aliphatic heterocycles. The van der Waals surface area contributed by atoms with Gasteiger partial charge in [0.2, 0.25) is 0 Å². The number of nitro benzene ring substituents is 1. The average molecular weight is 227 g/mol. The highest BCUT2D eigenvalue weighted by Gasteiger charge is 2.15. The normalized spacial score (nSPS) is 9.88. The maximum absolute atomic E-state index is 11.9. The predicted octanol–water partition coefficient (Wildman–Crippen LogP) is 2.14. The lowest BCUT2D eigenvalue weighted by Crippen LogP contribution is -2.11. The summed E-state index contributed by atoms with van der Waals surface area (Å²) >= 11 is 0. The number of hydrogen-bond donors (Lipinski definition) is 1. The van der Waals surface area contributed by atoms with Gasteiger partial charge >= 0.3 is 0 Å². The molecule has 1 rings (SSSR count). The van der Waals surface area contributed by atoms with Crippen LogP contribution >= 0.6 is 0 Å². The molecule has 1 aromatic rings.